The highest BCUT2D eigenvalue weighted by Gasteiger charge is 2.41. The zero-order chi connectivity index (χ0) is 15.1. The molecule has 4 heteroatoms. The van der Waals surface area contributed by atoms with Crippen LogP contribution in [0.15, 0.2) is 24.3 Å². The van der Waals surface area contributed by atoms with E-state index in [1.165, 1.54) is 18.4 Å². The molecule has 0 spiro atoms. The largest absolute Gasteiger partial charge is 0.339 e. The Labute approximate surface area is 131 Å². The van der Waals surface area contributed by atoms with Gasteiger partial charge in [-0.3, -0.25) is 9.59 Å². The molecule has 116 valence electrons. The summed E-state index contributed by atoms with van der Waals surface area (Å²) < 4.78 is 0. The van der Waals surface area contributed by atoms with Gasteiger partial charge in [-0.1, -0.05) is 31.0 Å². The number of fused-ring (bicyclic) bond motifs is 1. The Bertz CT molecular complexity index is 607. The van der Waals surface area contributed by atoms with Crippen LogP contribution in [-0.4, -0.2) is 35.8 Å². The molecule has 1 aromatic rings. The molecule has 1 aliphatic carbocycles. The van der Waals surface area contributed by atoms with Crippen LogP contribution in [0.3, 0.4) is 0 Å². The monoisotopic (exact) mass is 298 g/mol. The highest BCUT2D eigenvalue weighted by atomic mass is 16.2. The number of carbonyl (C=O) groups is 2. The van der Waals surface area contributed by atoms with Crippen molar-refractivity contribution in [3.8, 4) is 0 Å². The Hall–Kier alpha value is -1.84. The van der Waals surface area contributed by atoms with Crippen LogP contribution in [0.4, 0.5) is 5.69 Å². The minimum Gasteiger partial charge on any atom is -0.339 e. The third kappa shape index (κ3) is 2.21. The average Bonchev–Trinajstić information content (AvgIpc) is 3.25. The van der Waals surface area contributed by atoms with Gasteiger partial charge >= 0.3 is 0 Å². The van der Waals surface area contributed by atoms with Crippen LogP contribution in [0.1, 0.15) is 37.7 Å². The fourth-order valence-corrected chi connectivity index (χ4v) is 4.25. The number of carbonyl (C=O) groups excluding carboxylic acids is 2. The quantitative estimate of drug-likeness (QED) is 0.841. The minimum atomic E-state index is -0.153. The van der Waals surface area contributed by atoms with E-state index >= 15 is 0 Å². The lowest BCUT2D eigenvalue weighted by atomic mass is 10.1. The zero-order valence-corrected chi connectivity index (χ0v) is 12.8. The van der Waals surface area contributed by atoms with E-state index < -0.39 is 0 Å². The summed E-state index contributed by atoms with van der Waals surface area (Å²) in [6.07, 6.45) is 5.97. The van der Waals surface area contributed by atoms with E-state index in [2.05, 4.69) is 6.07 Å². The van der Waals surface area contributed by atoms with Gasteiger partial charge in [-0.05, 0) is 30.9 Å². The summed E-state index contributed by atoms with van der Waals surface area (Å²) in [4.78, 5) is 29.0. The summed E-state index contributed by atoms with van der Waals surface area (Å²) in [6.45, 7) is 1.38. The molecule has 0 aromatic heterocycles. The third-order valence-electron chi connectivity index (χ3n) is 5.43. The van der Waals surface area contributed by atoms with Crippen LogP contribution in [0, 0.1) is 5.92 Å². The van der Waals surface area contributed by atoms with Crippen LogP contribution in [0.25, 0.3) is 0 Å². The fourth-order valence-electron chi connectivity index (χ4n) is 4.25. The van der Waals surface area contributed by atoms with Crippen LogP contribution in [-0.2, 0) is 16.0 Å². The van der Waals surface area contributed by atoms with Gasteiger partial charge in [-0.15, -0.1) is 0 Å². The van der Waals surface area contributed by atoms with Gasteiger partial charge in [0.2, 0.25) is 11.8 Å². The number of benzene rings is 1. The normalized spacial score (nSPS) is 25.1. The lowest BCUT2D eigenvalue weighted by Gasteiger charge is -2.25. The molecule has 1 saturated heterocycles. The SMILES string of the molecule is O=C([C@@H]1CC(=O)N(C2CCCC2)C1)N1CCc2ccccc21. The van der Waals surface area contributed by atoms with Crippen LogP contribution in [0.2, 0.25) is 0 Å². The fraction of sp³-hybridized carbons (Fsp3) is 0.556. The Balaban J connectivity index is 1.49. The third-order valence-corrected chi connectivity index (χ3v) is 5.43. The molecule has 2 amide bonds. The van der Waals surface area contributed by atoms with Gasteiger partial charge in [0.1, 0.15) is 0 Å². The first-order chi connectivity index (χ1) is 10.7. The van der Waals surface area contributed by atoms with Crippen molar-refractivity contribution in [1.82, 2.24) is 4.90 Å². The van der Waals surface area contributed by atoms with Gasteiger partial charge in [0, 0.05) is 31.2 Å². The molecule has 22 heavy (non-hydrogen) atoms. The second kappa shape index (κ2) is 5.41. The van der Waals surface area contributed by atoms with Gasteiger partial charge in [0.05, 0.1) is 5.92 Å². The van der Waals surface area contributed by atoms with E-state index in [1.807, 2.05) is 28.0 Å². The molecule has 1 aromatic carbocycles. The topological polar surface area (TPSA) is 40.6 Å². The van der Waals surface area contributed by atoms with Gasteiger partial charge in [-0.25, -0.2) is 0 Å². The molecule has 1 atom stereocenters. The standard InChI is InChI=1S/C18H22N2O2/c21-17-11-14(12-20(17)15-6-2-3-7-15)18(22)19-10-9-13-5-1-4-8-16(13)19/h1,4-5,8,14-15H,2-3,6-7,9-12H2/t14-/m1/s1. The molecule has 2 heterocycles. The maximum absolute atomic E-state index is 12.9. The molecule has 1 saturated carbocycles. The number of anilines is 1. The number of rotatable bonds is 2. The smallest absolute Gasteiger partial charge is 0.232 e. The number of hydrogen-bond acceptors (Lipinski definition) is 2. The highest BCUT2D eigenvalue weighted by Crippen LogP contribution is 2.33. The van der Waals surface area contributed by atoms with Crippen LogP contribution in [0.5, 0.6) is 0 Å². The summed E-state index contributed by atoms with van der Waals surface area (Å²) in [5.74, 6) is 0.163. The lowest BCUT2D eigenvalue weighted by molar-refractivity contribution is -0.130. The summed E-state index contributed by atoms with van der Waals surface area (Å²) in [5.41, 5.74) is 2.28. The molecule has 0 radical (unpaired) electrons. The molecule has 0 bridgehead atoms. The van der Waals surface area contributed by atoms with Crippen molar-refractivity contribution in [3.63, 3.8) is 0 Å². The Morgan fingerprint density at radius 3 is 2.73 bits per heavy atom. The highest BCUT2D eigenvalue weighted by molar-refractivity contribution is 6.00. The minimum absolute atomic E-state index is 0.138. The van der Waals surface area contributed by atoms with E-state index in [4.69, 9.17) is 0 Å². The summed E-state index contributed by atoms with van der Waals surface area (Å²) in [6, 6.07) is 8.50. The summed E-state index contributed by atoms with van der Waals surface area (Å²) in [5, 5.41) is 0. The van der Waals surface area contributed by atoms with Crippen molar-refractivity contribution in [1.29, 1.82) is 0 Å². The maximum Gasteiger partial charge on any atom is 0.232 e. The van der Waals surface area contributed by atoms with Crippen molar-refractivity contribution in [2.75, 3.05) is 18.0 Å². The van der Waals surface area contributed by atoms with Crippen molar-refractivity contribution < 1.29 is 9.59 Å². The maximum atomic E-state index is 12.9. The Morgan fingerprint density at radius 2 is 1.91 bits per heavy atom. The zero-order valence-electron chi connectivity index (χ0n) is 12.8. The van der Waals surface area contributed by atoms with E-state index in [1.54, 1.807) is 0 Å². The van der Waals surface area contributed by atoms with Crippen molar-refractivity contribution >= 4 is 17.5 Å². The molecule has 0 unspecified atom stereocenters. The first kappa shape index (κ1) is 13.8. The van der Waals surface area contributed by atoms with Gasteiger partial charge in [0.25, 0.3) is 0 Å². The van der Waals surface area contributed by atoms with E-state index in [9.17, 15) is 9.59 Å². The second-order valence-electron chi connectivity index (χ2n) is 6.75. The number of para-hydroxylation sites is 1. The molecular formula is C18H22N2O2. The van der Waals surface area contributed by atoms with E-state index in [0.717, 1.165) is 31.5 Å². The molecule has 0 N–H and O–H groups in total. The van der Waals surface area contributed by atoms with Gasteiger partial charge in [0.15, 0.2) is 0 Å². The van der Waals surface area contributed by atoms with E-state index in [0.29, 0.717) is 19.0 Å². The van der Waals surface area contributed by atoms with Gasteiger partial charge in [-0.2, -0.15) is 0 Å². The second-order valence-corrected chi connectivity index (χ2v) is 6.75. The molecule has 3 aliphatic rings. The first-order valence-electron chi connectivity index (χ1n) is 8.43. The molecule has 4 rings (SSSR count). The molecular weight excluding hydrogens is 276 g/mol. The van der Waals surface area contributed by atoms with Gasteiger partial charge < -0.3 is 9.80 Å². The van der Waals surface area contributed by atoms with Crippen LogP contribution >= 0.6 is 0 Å². The summed E-state index contributed by atoms with van der Waals surface area (Å²) in [7, 11) is 0. The Kier molecular flexibility index (Phi) is 3.40. The molecule has 4 nitrogen and oxygen atoms in total. The number of amides is 2. The Morgan fingerprint density at radius 1 is 1.14 bits per heavy atom. The van der Waals surface area contributed by atoms with Crippen molar-refractivity contribution in [2.24, 2.45) is 5.92 Å². The number of hydrogen-bond donors (Lipinski definition) is 0. The lowest BCUT2D eigenvalue weighted by Crippen LogP contribution is -2.38. The molecule has 2 fully saturated rings. The van der Waals surface area contributed by atoms with E-state index in [-0.39, 0.29) is 17.7 Å². The van der Waals surface area contributed by atoms with Crippen LogP contribution < -0.4 is 4.90 Å². The number of nitrogens with zero attached hydrogens (tertiary/aromatic N) is 2. The average molecular weight is 298 g/mol. The van der Waals surface area contributed by atoms with Crippen molar-refractivity contribution in [2.45, 2.75) is 44.6 Å². The predicted octanol–water partition coefficient (Wildman–Crippen LogP) is 2.37. The predicted molar refractivity (Wildman–Crippen MR) is 84.6 cm³/mol. The first-order valence-corrected chi connectivity index (χ1v) is 8.43. The number of likely N-dealkylation sites (tertiary alicyclic amines) is 1. The summed E-state index contributed by atoms with van der Waals surface area (Å²) >= 11 is 0. The molecule has 2 aliphatic heterocycles. The van der Waals surface area contributed by atoms with Crippen molar-refractivity contribution in [3.05, 3.63) is 29.8 Å².